The number of esters is 2. The number of Topliss-reactive ketones (excluding diaryl/α,β-unsaturated/α-hetero) is 2. The number of nitrogens with one attached hydrogen (secondary N) is 1. The lowest BCUT2D eigenvalue weighted by Crippen LogP contribution is -2.57. The van der Waals surface area contributed by atoms with E-state index >= 15 is 0 Å². The van der Waals surface area contributed by atoms with Crippen LogP contribution in [0.4, 0.5) is 0 Å². The monoisotopic (exact) mass is 501 g/mol. The molecule has 2 fully saturated rings. The molecule has 0 aromatic rings. The van der Waals surface area contributed by atoms with Gasteiger partial charge in [0.05, 0.1) is 17.6 Å². The first-order chi connectivity index (χ1) is 16.9. The number of aliphatic hydroxyl groups excluding tert-OH is 1. The van der Waals surface area contributed by atoms with Crippen LogP contribution >= 0.6 is 0 Å². The molecule has 36 heavy (non-hydrogen) atoms. The van der Waals surface area contributed by atoms with Gasteiger partial charge in [-0.2, -0.15) is 0 Å². The highest BCUT2D eigenvalue weighted by molar-refractivity contribution is 6.14. The van der Waals surface area contributed by atoms with Gasteiger partial charge in [-0.3, -0.25) is 14.4 Å². The Hall–Kier alpha value is -2.94. The molecule has 0 radical (unpaired) electrons. The van der Waals surface area contributed by atoms with Crippen LogP contribution in [0.15, 0.2) is 34.3 Å². The normalized spacial score (nSPS) is 35.8. The quantitative estimate of drug-likeness (QED) is 0.417. The molecule has 0 bridgehead atoms. The topological polar surface area (TPSA) is 128 Å². The molecule has 196 valence electrons. The van der Waals surface area contributed by atoms with Gasteiger partial charge in [0.25, 0.3) is 0 Å². The molecule has 3 aliphatic carbocycles. The number of hydrogen-bond donors (Lipinski definition) is 2. The predicted octanol–water partition coefficient (Wildman–Crippen LogP) is 2.85. The highest BCUT2D eigenvalue weighted by Gasteiger charge is 2.64. The zero-order valence-corrected chi connectivity index (χ0v) is 21.7. The fourth-order valence-electron chi connectivity index (χ4n) is 6.44. The third kappa shape index (κ3) is 3.70. The van der Waals surface area contributed by atoms with Crippen molar-refractivity contribution in [1.82, 2.24) is 5.32 Å². The SMILES string of the molecule is CCC(C)N/C=C1\C(=O)O[C@H](COC)[C@@]2(C)C1=C(O)C(=O)C1=C2[C@H](OC(C)=O)C[C@]2(C)C(=O)CC[C@@H]12. The summed E-state index contributed by atoms with van der Waals surface area (Å²) in [6.45, 7) is 8.77. The number of hydrogen-bond acceptors (Lipinski definition) is 9. The second-order valence-electron chi connectivity index (χ2n) is 10.7. The van der Waals surface area contributed by atoms with Gasteiger partial charge in [0.15, 0.2) is 5.76 Å². The molecule has 1 unspecified atom stereocenters. The molecule has 1 aliphatic heterocycles. The van der Waals surface area contributed by atoms with Gasteiger partial charge in [-0.15, -0.1) is 0 Å². The number of ether oxygens (including phenoxy) is 3. The van der Waals surface area contributed by atoms with Crippen LogP contribution in [0, 0.1) is 16.7 Å². The number of cyclic esters (lactones) is 1. The molecular weight excluding hydrogens is 466 g/mol. The molecule has 9 heteroatoms. The molecule has 1 heterocycles. The summed E-state index contributed by atoms with van der Waals surface area (Å²) in [7, 11) is 1.47. The highest BCUT2D eigenvalue weighted by atomic mass is 16.6. The van der Waals surface area contributed by atoms with Crippen molar-refractivity contribution >= 4 is 23.5 Å². The maximum atomic E-state index is 13.8. The number of rotatable bonds is 6. The summed E-state index contributed by atoms with van der Waals surface area (Å²) in [6, 6.07) is 0.0266. The maximum absolute atomic E-state index is 13.8. The number of carbonyl (C=O) groups is 4. The first-order valence-corrected chi connectivity index (χ1v) is 12.5. The molecule has 1 saturated carbocycles. The Balaban J connectivity index is 2.00. The Labute approximate surface area is 210 Å². The first kappa shape index (κ1) is 26.1. The Bertz CT molecular complexity index is 1120. The van der Waals surface area contributed by atoms with Gasteiger partial charge >= 0.3 is 11.9 Å². The van der Waals surface area contributed by atoms with Crippen molar-refractivity contribution in [2.45, 2.75) is 78.6 Å². The smallest absolute Gasteiger partial charge is 0.340 e. The van der Waals surface area contributed by atoms with Crippen molar-refractivity contribution in [1.29, 1.82) is 0 Å². The van der Waals surface area contributed by atoms with Crippen LogP contribution in [0.3, 0.4) is 0 Å². The Kier molecular flexibility index (Phi) is 6.66. The Morgan fingerprint density at radius 1 is 1.31 bits per heavy atom. The second kappa shape index (κ2) is 9.18. The van der Waals surface area contributed by atoms with E-state index in [0.717, 1.165) is 6.42 Å². The molecule has 2 N–H and O–H groups in total. The van der Waals surface area contributed by atoms with Crippen LogP contribution < -0.4 is 5.32 Å². The average Bonchev–Trinajstić information content (AvgIpc) is 3.11. The molecule has 0 spiro atoms. The molecule has 1 saturated heterocycles. The van der Waals surface area contributed by atoms with E-state index in [1.54, 1.807) is 13.8 Å². The fraction of sp³-hybridized carbons (Fsp3) is 0.630. The van der Waals surface area contributed by atoms with Crippen LogP contribution in [0.25, 0.3) is 0 Å². The molecule has 9 nitrogen and oxygen atoms in total. The molecule has 0 aromatic heterocycles. The summed E-state index contributed by atoms with van der Waals surface area (Å²) >= 11 is 0. The molecule has 6 atom stereocenters. The summed E-state index contributed by atoms with van der Waals surface area (Å²) < 4.78 is 17.0. The van der Waals surface area contributed by atoms with Crippen molar-refractivity contribution in [3.8, 4) is 0 Å². The third-order valence-electron chi connectivity index (χ3n) is 8.54. The minimum atomic E-state index is -1.23. The maximum Gasteiger partial charge on any atom is 0.340 e. The van der Waals surface area contributed by atoms with Gasteiger partial charge in [0.1, 0.15) is 18.0 Å². The zero-order valence-electron chi connectivity index (χ0n) is 21.7. The lowest BCUT2D eigenvalue weighted by atomic mass is 9.53. The van der Waals surface area contributed by atoms with E-state index in [1.165, 1.54) is 20.2 Å². The lowest BCUT2D eigenvalue weighted by molar-refractivity contribution is -0.160. The van der Waals surface area contributed by atoms with Crippen molar-refractivity contribution < 1.29 is 38.5 Å². The molecule has 0 amide bonds. The van der Waals surface area contributed by atoms with Gasteiger partial charge < -0.3 is 24.6 Å². The van der Waals surface area contributed by atoms with Crippen LogP contribution in [0.5, 0.6) is 0 Å². The number of methoxy groups -OCH3 is 1. The Morgan fingerprint density at radius 2 is 2.00 bits per heavy atom. The Morgan fingerprint density at radius 3 is 2.61 bits per heavy atom. The lowest BCUT2D eigenvalue weighted by Gasteiger charge is -2.53. The van der Waals surface area contributed by atoms with Crippen LogP contribution in [0.2, 0.25) is 0 Å². The molecule has 4 aliphatic rings. The first-order valence-electron chi connectivity index (χ1n) is 12.5. The van der Waals surface area contributed by atoms with E-state index in [-0.39, 0.29) is 41.6 Å². The fourth-order valence-corrected chi connectivity index (χ4v) is 6.44. The van der Waals surface area contributed by atoms with Gasteiger partial charge in [-0.25, -0.2) is 4.79 Å². The van der Waals surface area contributed by atoms with Crippen molar-refractivity contribution in [3.05, 3.63) is 34.3 Å². The van der Waals surface area contributed by atoms with Crippen LogP contribution in [-0.4, -0.2) is 60.6 Å². The summed E-state index contributed by atoms with van der Waals surface area (Å²) in [5, 5.41) is 14.5. The van der Waals surface area contributed by atoms with Crippen molar-refractivity contribution in [3.63, 3.8) is 0 Å². The largest absolute Gasteiger partial charge is 0.504 e. The van der Waals surface area contributed by atoms with E-state index in [9.17, 15) is 24.3 Å². The van der Waals surface area contributed by atoms with Crippen LogP contribution in [-0.2, 0) is 33.4 Å². The number of ketones is 2. The number of allylic oxidation sites excluding steroid dienone is 1. The summed E-state index contributed by atoms with van der Waals surface area (Å²) in [4.78, 5) is 52.2. The predicted molar refractivity (Wildman–Crippen MR) is 129 cm³/mol. The number of aliphatic hydroxyl groups is 1. The third-order valence-corrected chi connectivity index (χ3v) is 8.54. The molecular formula is C27H35NO8. The second-order valence-corrected chi connectivity index (χ2v) is 10.7. The number of carbonyl (C=O) groups excluding carboxylic acids is 4. The zero-order chi connectivity index (χ0) is 26.6. The summed E-state index contributed by atoms with van der Waals surface area (Å²) in [5.41, 5.74) is -1.19. The van der Waals surface area contributed by atoms with E-state index < -0.39 is 52.4 Å². The molecule has 0 aromatic carbocycles. The minimum Gasteiger partial charge on any atom is -0.504 e. The van der Waals surface area contributed by atoms with Gasteiger partial charge in [-0.1, -0.05) is 13.8 Å². The standard InChI is InChI=1S/C27H35NO8/c1-7-13(2)28-11-15-21-24(32)23(31)20-16-8-9-18(30)26(16,4)10-17(35-14(3)29)22(20)27(21,5)19(12-34-6)36-25(15)33/h11,13,16-17,19,28,32H,7-10,12H2,1-6H3/b15-11-/t13?,16-,17+,19+,26-,27-/m0/s1. The van der Waals surface area contributed by atoms with E-state index in [1.807, 2.05) is 13.8 Å². The van der Waals surface area contributed by atoms with Gasteiger partial charge in [0, 0.05) is 61.6 Å². The average molecular weight is 502 g/mol. The van der Waals surface area contributed by atoms with E-state index in [4.69, 9.17) is 14.2 Å². The summed E-state index contributed by atoms with van der Waals surface area (Å²) in [5.74, 6) is -2.86. The van der Waals surface area contributed by atoms with Gasteiger partial charge in [0.2, 0.25) is 5.78 Å². The van der Waals surface area contributed by atoms with E-state index in [2.05, 4.69) is 5.32 Å². The van der Waals surface area contributed by atoms with Crippen LogP contribution in [0.1, 0.15) is 60.3 Å². The number of fused-ring (bicyclic) bond motifs is 4. The van der Waals surface area contributed by atoms with Gasteiger partial charge in [-0.05, 0) is 32.3 Å². The summed E-state index contributed by atoms with van der Waals surface area (Å²) in [6.07, 6.45) is 1.43. The van der Waals surface area contributed by atoms with Crippen molar-refractivity contribution in [2.24, 2.45) is 16.7 Å². The van der Waals surface area contributed by atoms with Crippen molar-refractivity contribution in [2.75, 3.05) is 13.7 Å². The minimum absolute atomic E-state index is 0.00488. The molecule has 4 rings (SSSR count). The van der Waals surface area contributed by atoms with E-state index in [0.29, 0.717) is 18.4 Å². The highest BCUT2D eigenvalue weighted by Crippen LogP contribution is 2.62.